The van der Waals surface area contributed by atoms with Crippen LogP contribution in [0.4, 0.5) is 11.4 Å². The van der Waals surface area contributed by atoms with Gasteiger partial charge in [-0.2, -0.15) is 0 Å². The number of sulfonamides is 1. The summed E-state index contributed by atoms with van der Waals surface area (Å²) in [7, 11) is -2.78. The van der Waals surface area contributed by atoms with Crippen LogP contribution < -0.4 is 14.4 Å². The number of carbonyl (C=O) groups excluding carboxylic acids is 2. The van der Waals surface area contributed by atoms with Gasteiger partial charge in [-0.05, 0) is 31.4 Å². The van der Waals surface area contributed by atoms with Crippen LogP contribution in [-0.4, -0.2) is 69.1 Å². The van der Waals surface area contributed by atoms with Crippen molar-refractivity contribution < 1.29 is 27.7 Å². The third-order valence-electron chi connectivity index (χ3n) is 5.52. The minimum Gasteiger partial charge on any atom is -0.495 e. The number of carbonyl (C=O) groups is 2. The molecule has 0 bridgehead atoms. The van der Waals surface area contributed by atoms with Crippen molar-refractivity contribution in [3.05, 3.63) is 64.2 Å². The van der Waals surface area contributed by atoms with Crippen molar-refractivity contribution in [2.45, 2.75) is 32.7 Å². The Hall–Kier alpha value is -3.67. The number of rotatable bonds is 13. The van der Waals surface area contributed by atoms with Crippen LogP contribution in [0.2, 0.25) is 0 Å². The summed E-state index contributed by atoms with van der Waals surface area (Å²) < 4.78 is 31.4. The summed E-state index contributed by atoms with van der Waals surface area (Å²) in [6.07, 6.45) is 2.05. The Morgan fingerprint density at radius 3 is 2.39 bits per heavy atom. The van der Waals surface area contributed by atoms with E-state index >= 15 is 0 Å². The van der Waals surface area contributed by atoms with E-state index in [1.165, 1.54) is 24.1 Å². The van der Waals surface area contributed by atoms with Crippen LogP contribution in [0.25, 0.3) is 0 Å². The molecule has 1 unspecified atom stereocenters. The van der Waals surface area contributed by atoms with Crippen LogP contribution in [0.3, 0.4) is 0 Å². The standard InChI is InChI=1S/C24H32N4O7S/c1-5-14-25-24(30)18(2)26(15-13-19-9-7-6-8-10-19)23(29)17-27(36(4,33)34)21-16-20(28(31)32)11-12-22(21)35-3/h6-12,16,18H,5,13-15,17H2,1-4H3,(H,25,30). The van der Waals surface area contributed by atoms with Crippen molar-refractivity contribution in [1.82, 2.24) is 10.2 Å². The first-order chi connectivity index (χ1) is 17.0. The van der Waals surface area contributed by atoms with Crippen molar-refractivity contribution in [2.24, 2.45) is 0 Å². The largest absolute Gasteiger partial charge is 0.495 e. The molecule has 0 radical (unpaired) electrons. The molecule has 0 fully saturated rings. The van der Waals surface area contributed by atoms with Gasteiger partial charge in [-0.3, -0.25) is 24.0 Å². The van der Waals surface area contributed by atoms with Gasteiger partial charge in [-0.15, -0.1) is 0 Å². The molecule has 0 aromatic heterocycles. The maximum Gasteiger partial charge on any atom is 0.271 e. The third-order valence-corrected chi connectivity index (χ3v) is 6.65. The molecule has 36 heavy (non-hydrogen) atoms. The number of nitrogens with zero attached hydrogens (tertiary/aromatic N) is 3. The van der Waals surface area contributed by atoms with Crippen LogP contribution in [0.5, 0.6) is 5.75 Å². The van der Waals surface area contributed by atoms with Gasteiger partial charge < -0.3 is 15.0 Å². The summed E-state index contributed by atoms with van der Waals surface area (Å²) in [6, 6.07) is 12.0. The quantitative estimate of drug-likeness (QED) is 0.316. The van der Waals surface area contributed by atoms with E-state index in [1.807, 2.05) is 37.3 Å². The van der Waals surface area contributed by atoms with Crippen LogP contribution in [0.1, 0.15) is 25.8 Å². The van der Waals surface area contributed by atoms with Gasteiger partial charge in [-0.1, -0.05) is 37.3 Å². The number of nitro groups is 1. The highest BCUT2D eigenvalue weighted by Gasteiger charge is 2.31. The zero-order valence-electron chi connectivity index (χ0n) is 20.8. The van der Waals surface area contributed by atoms with Gasteiger partial charge in [0.05, 0.1) is 18.3 Å². The van der Waals surface area contributed by atoms with E-state index in [1.54, 1.807) is 6.92 Å². The van der Waals surface area contributed by atoms with Gasteiger partial charge in [0.1, 0.15) is 24.0 Å². The molecule has 2 rings (SSSR count). The highest BCUT2D eigenvalue weighted by molar-refractivity contribution is 7.92. The number of methoxy groups -OCH3 is 1. The zero-order valence-corrected chi connectivity index (χ0v) is 21.7. The fraction of sp³-hybridized carbons (Fsp3) is 0.417. The lowest BCUT2D eigenvalue weighted by atomic mass is 10.1. The van der Waals surface area contributed by atoms with E-state index in [0.717, 1.165) is 22.2 Å². The topological polar surface area (TPSA) is 139 Å². The monoisotopic (exact) mass is 520 g/mol. The van der Waals surface area contributed by atoms with E-state index in [4.69, 9.17) is 4.74 Å². The fourth-order valence-corrected chi connectivity index (χ4v) is 4.39. The first kappa shape index (κ1) is 28.6. The van der Waals surface area contributed by atoms with Gasteiger partial charge in [0, 0.05) is 25.2 Å². The second-order valence-electron chi connectivity index (χ2n) is 8.17. The number of ether oxygens (including phenoxy) is 1. The van der Waals surface area contributed by atoms with Crippen molar-refractivity contribution in [1.29, 1.82) is 0 Å². The van der Waals surface area contributed by atoms with Gasteiger partial charge >= 0.3 is 0 Å². The Kier molecular flexibility index (Phi) is 10.2. The molecule has 1 atom stereocenters. The summed E-state index contributed by atoms with van der Waals surface area (Å²) in [5.41, 5.74) is 0.436. The number of anilines is 1. The van der Waals surface area contributed by atoms with Gasteiger partial charge in [0.25, 0.3) is 5.69 Å². The second-order valence-corrected chi connectivity index (χ2v) is 10.1. The maximum atomic E-state index is 13.5. The summed E-state index contributed by atoms with van der Waals surface area (Å²) in [4.78, 5) is 38.2. The number of benzene rings is 2. The third kappa shape index (κ3) is 7.67. The van der Waals surface area contributed by atoms with E-state index in [-0.39, 0.29) is 29.6 Å². The molecular formula is C24H32N4O7S. The smallest absolute Gasteiger partial charge is 0.271 e. The van der Waals surface area contributed by atoms with Crippen LogP contribution in [-0.2, 0) is 26.0 Å². The van der Waals surface area contributed by atoms with Gasteiger partial charge in [-0.25, -0.2) is 8.42 Å². The summed E-state index contributed by atoms with van der Waals surface area (Å²) in [5.74, 6) is -0.954. The van der Waals surface area contributed by atoms with Crippen LogP contribution in [0, 0.1) is 10.1 Å². The lowest BCUT2D eigenvalue weighted by Crippen LogP contribution is -2.52. The Bertz CT molecular complexity index is 1170. The molecule has 2 amide bonds. The highest BCUT2D eigenvalue weighted by Crippen LogP contribution is 2.33. The average Bonchev–Trinajstić information content (AvgIpc) is 2.85. The Balaban J connectivity index is 2.42. The number of nitro benzene ring substituents is 1. The lowest BCUT2D eigenvalue weighted by Gasteiger charge is -2.31. The van der Waals surface area contributed by atoms with Crippen molar-refractivity contribution in [3.63, 3.8) is 0 Å². The number of non-ortho nitro benzene ring substituents is 1. The molecule has 2 aromatic carbocycles. The predicted molar refractivity (Wildman–Crippen MR) is 136 cm³/mol. The number of hydrogen-bond acceptors (Lipinski definition) is 7. The first-order valence-electron chi connectivity index (χ1n) is 11.4. The van der Waals surface area contributed by atoms with Crippen LogP contribution >= 0.6 is 0 Å². The molecule has 0 saturated carbocycles. The molecule has 11 nitrogen and oxygen atoms in total. The SMILES string of the molecule is CCCNC(=O)C(C)N(CCc1ccccc1)C(=O)CN(c1cc([N+](=O)[O-])ccc1OC)S(C)(=O)=O. The Morgan fingerprint density at radius 1 is 1.17 bits per heavy atom. The molecular weight excluding hydrogens is 488 g/mol. The molecule has 0 aliphatic heterocycles. The zero-order chi connectivity index (χ0) is 26.9. The molecule has 0 aliphatic rings. The average molecular weight is 521 g/mol. The lowest BCUT2D eigenvalue weighted by molar-refractivity contribution is -0.384. The van der Waals surface area contributed by atoms with Crippen molar-refractivity contribution >= 4 is 33.2 Å². The normalized spacial score (nSPS) is 11.9. The van der Waals surface area contributed by atoms with E-state index in [9.17, 15) is 28.1 Å². The minimum atomic E-state index is -4.07. The Labute approximate surface area is 211 Å². The number of hydrogen-bond donors (Lipinski definition) is 1. The highest BCUT2D eigenvalue weighted by atomic mass is 32.2. The van der Waals surface area contributed by atoms with Crippen molar-refractivity contribution in [2.75, 3.05) is 37.3 Å². The minimum absolute atomic E-state index is 0.0448. The second kappa shape index (κ2) is 12.9. The molecule has 2 aromatic rings. The van der Waals surface area contributed by atoms with E-state index in [2.05, 4.69) is 5.32 Å². The van der Waals surface area contributed by atoms with Gasteiger partial charge in [0.2, 0.25) is 21.8 Å². The molecule has 0 spiro atoms. The van der Waals surface area contributed by atoms with Crippen molar-refractivity contribution in [3.8, 4) is 5.75 Å². The van der Waals surface area contributed by atoms with Gasteiger partial charge in [0.15, 0.2) is 0 Å². The van der Waals surface area contributed by atoms with Crippen LogP contribution in [0.15, 0.2) is 48.5 Å². The molecule has 1 N–H and O–H groups in total. The maximum absolute atomic E-state index is 13.5. The number of nitrogens with one attached hydrogen (secondary N) is 1. The Morgan fingerprint density at radius 2 is 1.83 bits per heavy atom. The summed E-state index contributed by atoms with van der Waals surface area (Å²) in [6.45, 7) is 3.40. The van der Waals surface area contributed by atoms with E-state index in [0.29, 0.717) is 19.4 Å². The summed E-state index contributed by atoms with van der Waals surface area (Å²) in [5, 5.41) is 14.1. The fourth-order valence-electron chi connectivity index (χ4n) is 3.55. The molecule has 0 heterocycles. The molecule has 0 saturated heterocycles. The predicted octanol–water partition coefficient (Wildman–Crippen LogP) is 2.36. The molecule has 0 aliphatic carbocycles. The van der Waals surface area contributed by atoms with E-state index < -0.39 is 33.4 Å². The first-order valence-corrected chi connectivity index (χ1v) is 13.3. The molecule has 12 heteroatoms. The molecule has 196 valence electrons. The number of amides is 2. The summed E-state index contributed by atoms with van der Waals surface area (Å²) >= 11 is 0.